The Morgan fingerprint density at radius 3 is 2.53 bits per heavy atom. The number of hydrogen-bond acceptors (Lipinski definition) is 3. The second kappa shape index (κ2) is 6.17. The summed E-state index contributed by atoms with van der Waals surface area (Å²) >= 11 is 0. The Balaban J connectivity index is 1.89. The van der Waals surface area contributed by atoms with E-state index >= 15 is 0 Å². The average Bonchev–Trinajstić information content (AvgIpc) is 3.14. The fourth-order valence-corrected chi connectivity index (χ4v) is 3.06. The van der Waals surface area contributed by atoms with Gasteiger partial charge in [-0.25, -0.2) is 0 Å². The van der Waals surface area contributed by atoms with Crippen molar-refractivity contribution in [3.8, 4) is 0 Å². The standard InChI is InChI=1S/C14H28N2O/c1-3-16(10-13-4-5-13)11-14(12-17-2)6-8-15-9-7-14/h13,15H,3-12H2,1-2H3. The Hall–Kier alpha value is -0.120. The van der Waals surface area contributed by atoms with Crippen LogP contribution in [0.2, 0.25) is 0 Å². The molecule has 0 aromatic heterocycles. The van der Waals surface area contributed by atoms with E-state index in [9.17, 15) is 0 Å². The molecular formula is C14H28N2O. The third kappa shape index (κ3) is 3.94. The highest BCUT2D eigenvalue weighted by atomic mass is 16.5. The molecule has 0 amide bonds. The molecule has 0 radical (unpaired) electrons. The minimum absolute atomic E-state index is 0.408. The molecule has 2 fully saturated rings. The van der Waals surface area contributed by atoms with Gasteiger partial charge in [-0.15, -0.1) is 0 Å². The predicted octanol–water partition coefficient (Wildman–Crippen LogP) is 1.73. The van der Waals surface area contributed by atoms with E-state index in [0.717, 1.165) is 25.6 Å². The van der Waals surface area contributed by atoms with Crippen LogP contribution in [0, 0.1) is 11.3 Å². The lowest BCUT2D eigenvalue weighted by molar-refractivity contribution is 0.0225. The SMILES string of the molecule is CCN(CC1CC1)CC1(COC)CCNCC1. The number of piperidine rings is 1. The van der Waals surface area contributed by atoms with Crippen molar-refractivity contribution in [1.82, 2.24) is 10.2 Å². The minimum Gasteiger partial charge on any atom is -0.384 e. The molecule has 1 saturated heterocycles. The first-order chi connectivity index (χ1) is 8.28. The molecule has 3 nitrogen and oxygen atoms in total. The number of nitrogens with zero attached hydrogens (tertiary/aromatic N) is 1. The molecule has 0 aromatic rings. The van der Waals surface area contributed by atoms with Gasteiger partial charge in [0.15, 0.2) is 0 Å². The van der Waals surface area contributed by atoms with E-state index in [1.807, 2.05) is 7.11 Å². The normalized spacial score (nSPS) is 24.2. The first-order valence-electron chi connectivity index (χ1n) is 7.20. The molecule has 1 N–H and O–H groups in total. The van der Waals surface area contributed by atoms with E-state index in [4.69, 9.17) is 4.74 Å². The Bertz CT molecular complexity index is 217. The van der Waals surface area contributed by atoms with Crippen LogP contribution in [0.5, 0.6) is 0 Å². The first-order valence-corrected chi connectivity index (χ1v) is 7.20. The average molecular weight is 240 g/mol. The molecule has 1 aliphatic carbocycles. The zero-order valence-electron chi connectivity index (χ0n) is 11.5. The molecular weight excluding hydrogens is 212 g/mol. The highest BCUT2D eigenvalue weighted by Gasteiger charge is 2.35. The van der Waals surface area contributed by atoms with E-state index < -0.39 is 0 Å². The van der Waals surface area contributed by atoms with Crippen LogP contribution in [-0.2, 0) is 4.74 Å². The van der Waals surface area contributed by atoms with Crippen LogP contribution >= 0.6 is 0 Å². The van der Waals surface area contributed by atoms with Gasteiger partial charge < -0.3 is 15.0 Å². The van der Waals surface area contributed by atoms with Gasteiger partial charge in [-0.3, -0.25) is 0 Å². The molecule has 2 rings (SSSR count). The van der Waals surface area contributed by atoms with Gasteiger partial charge in [0.1, 0.15) is 0 Å². The van der Waals surface area contributed by atoms with E-state index in [-0.39, 0.29) is 0 Å². The molecule has 2 aliphatic rings. The number of rotatable bonds is 7. The molecule has 0 atom stereocenters. The van der Waals surface area contributed by atoms with Gasteiger partial charge in [-0.1, -0.05) is 6.92 Å². The van der Waals surface area contributed by atoms with Crippen molar-refractivity contribution >= 4 is 0 Å². The van der Waals surface area contributed by atoms with Crippen LogP contribution in [0.4, 0.5) is 0 Å². The highest BCUT2D eigenvalue weighted by Crippen LogP contribution is 2.34. The Morgan fingerprint density at radius 2 is 2.00 bits per heavy atom. The van der Waals surface area contributed by atoms with Gasteiger partial charge >= 0.3 is 0 Å². The summed E-state index contributed by atoms with van der Waals surface area (Å²) in [5.41, 5.74) is 0.408. The molecule has 100 valence electrons. The van der Waals surface area contributed by atoms with Crippen molar-refractivity contribution in [2.75, 3.05) is 46.4 Å². The Morgan fingerprint density at radius 1 is 1.29 bits per heavy atom. The van der Waals surface area contributed by atoms with Crippen LogP contribution in [0.15, 0.2) is 0 Å². The topological polar surface area (TPSA) is 24.5 Å². The molecule has 0 aromatic carbocycles. The van der Waals surface area contributed by atoms with Crippen LogP contribution < -0.4 is 5.32 Å². The van der Waals surface area contributed by atoms with Crippen LogP contribution in [0.1, 0.15) is 32.6 Å². The molecule has 1 aliphatic heterocycles. The van der Waals surface area contributed by atoms with Crippen molar-refractivity contribution in [1.29, 1.82) is 0 Å². The number of nitrogens with one attached hydrogen (secondary N) is 1. The first kappa shape index (κ1) is 13.3. The maximum atomic E-state index is 5.50. The lowest BCUT2D eigenvalue weighted by Gasteiger charge is -2.40. The number of hydrogen-bond donors (Lipinski definition) is 1. The summed E-state index contributed by atoms with van der Waals surface area (Å²) in [5.74, 6) is 0.997. The van der Waals surface area contributed by atoms with E-state index in [2.05, 4.69) is 17.1 Å². The van der Waals surface area contributed by atoms with Crippen molar-refractivity contribution in [2.45, 2.75) is 32.6 Å². The summed E-state index contributed by atoms with van der Waals surface area (Å²) in [6.07, 6.45) is 5.44. The molecule has 3 heteroatoms. The number of ether oxygens (including phenoxy) is 1. The lowest BCUT2D eigenvalue weighted by Crippen LogP contribution is -2.47. The van der Waals surface area contributed by atoms with Crippen LogP contribution in [0.3, 0.4) is 0 Å². The monoisotopic (exact) mass is 240 g/mol. The van der Waals surface area contributed by atoms with Crippen molar-refractivity contribution < 1.29 is 4.74 Å². The second-order valence-electron chi connectivity index (χ2n) is 5.95. The third-order valence-electron chi connectivity index (χ3n) is 4.33. The zero-order valence-corrected chi connectivity index (χ0v) is 11.5. The van der Waals surface area contributed by atoms with Gasteiger partial charge in [0.25, 0.3) is 0 Å². The van der Waals surface area contributed by atoms with E-state index in [0.29, 0.717) is 5.41 Å². The molecule has 0 unspecified atom stereocenters. The molecule has 1 heterocycles. The van der Waals surface area contributed by atoms with E-state index in [1.165, 1.54) is 45.3 Å². The molecule has 17 heavy (non-hydrogen) atoms. The lowest BCUT2D eigenvalue weighted by atomic mass is 9.79. The van der Waals surface area contributed by atoms with Crippen LogP contribution in [-0.4, -0.2) is 51.3 Å². The second-order valence-corrected chi connectivity index (χ2v) is 5.95. The van der Waals surface area contributed by atoms with Crippen molar-refractivity contribution in [3.63, 3.8) is 0 Å². The van der Waals surface area contributed by atoms with Gasteiger partial charge in [-0.2, -0.15) is 0 Å². The molecule has 0 bridgehead atoms. The fourth-order valence-electron chi connectivity index (χ4n) is 3.06. The third-order valence-corrected chi connectivity index (χ3v) is 4.33. The summed E-state index contributed by atoms with van der Waals surface area (Å²) in [6, 6.07) is 0. The van der Waals surface area contributed by atoms with Crippen molar-refractivity contribution in [3.05, 3.63) is 0 Å². The summed E-state index contributed by atoms with van der Waals surface area (Å²) in [6.45, 7) is 9.27. The smallest absolute Gasteiger partial charge is 0.0531 e. The summed E-state index contributed by atoms with van der Waals surface area (Å²) < 4.78 is 5.50. The fraction of sp³-hybridized carbons (Fsp3) is 1.00. The van der Waals surface area contributed by atoms with Gasteiger partial charge in [0, 0.05) is 25.6 Å². The van der Waals surface area contributed by atoms with E-state index in [1.54, 1.807) is 0 Å². The van der Waals surface area contributed by atoms with Crippen LogP contribution in [0.25, 0.3) is 0 Å². The minimum atomic E-state index is 0.408. The maximum absolute atomic E-state index is 5.50. The number of methoxy groups -OCH3 is 1. The van der Waals surface area contributed by atoms with Gasteiger partial charge in [0.05, 0.1) is 6.61 Å². The molecule has 1 saturated carbocycles. The van der Waals surface area contributed by atoms with Gasteiger partial charge in [-0.05, 0) is 51.2 Å². The quantitative estimate of drug-likeness (QED) is 0.733. The maximum Gasteiger partial charge on any atom is 0.0531 e. The predicted molar refractivity (Wildman–Crippen MR) is 71.3 cm³/mol. The van der Waals surface area contributed by atoms with Gasteiger partial charge in [0.2, 0.25) is 0 Å². The van der Waals surface area contributed by atoms with Crippen molar-refractivity contribution in [2.24, 2.45) is 11.3 Å². The Labute approximate surface area is 106 Å². The zero-order chi connectivity index (χ0) is 12.1. The summed E-state index contributed by atoms with van der Waals surface area (Å²) in [4.78, 5) is 2.65. The Kier molecular flexibility index (Phi) is 4.83. The molecule has 0 spiro atoms. The summed E-state index contributed by atoms with van der Waals surface area (Å²) in [7, 11) is 1.85. The highest BCUT2D eigenvalue weighted by molar-refractivity contribution is 4.88. The largest absolute Gasteiger partial charge is 0.384 e. The summed E-state index contributed by atoms with van der Waals surface area (Å²) in [5, 5.41) is 3.47.